The van der Waals surface area contributed by atoms with Gasteiger partial charge in [-0.15, -0.1) is 0 Å². The number of carbonyl (C=O) groups is 2. The number of carbonyl (C=O) groups excluding carboxylic acids is 2. The molecule has 2 heterocycles. The number of benzene rings is 2. The number of hydrogen-bond donors (Lipinski definition) is 1. The van der Waals surface area contributed by atoms with Crippen molar-refractivity contribution in [3.05, 3.63) is 66.5 Å². The van der Waals surface area contributed by atoms with E-state index in [0.29, 0.717) is 13.1 Å². The number of hydrogen-bond acceptors (Lipinski definition) is 7. The van der Waals surface area contributed by atoms with Crippen LogP contribution in [0.3, 0.4) is 0 Å². The Labute approximate surface area is 203 Å². The zero-order chi connectivity index (χ0) is 24.8. The lowest BCUT2D eigenvalue weighted by Gasteiger charge is -2.26. The molecule has 2 aromatic carbocycles. The molecule has 0 unspecified atom stereocenters. The maximum absolute atomic E-state index is 13.1. The summed E-state index contributed by atoms with van der Waals surface area (Å²) >= 11 is 0. The Hall–Kier alpha value is -3.70. The summed E-state index contributed by atoms with van der Waals surface area (Å²) < 4.78 is 39.6. The van der Waals surface area contributed by atoms with Gasteiger partial charge in [0.05, 0.1) is 24.6 Å². The number of methoxy groups -OCH3 is 1. The van der Waals surface area contributed by atoms with Crippen LogP contribution in [-0.2, 0) is 19.6 Å². The average molecular weight is 499 g/mol. The minimum atomic E-state index is -3.78. The summed E-state index contributed by atoms with van der Waals surface area (Å²) in [5, 5.41) is 6.70. The topological polar surface area (TPSA) is 120 Å². The fourth-order valence-electron chi connectivity index (χ4n) is 3.76. The van der Waals surface area contributed by atoms with Gasteiger partial charge in [0.2, 0.25) is 10.0 Å². The Kier molecular flexibility index (Phi) is 7.47. The second-order valence-electron chi connectivity index (χ2n) is 7.96. The van der Waals surface area contributed by atoms with Crippen LogP contribution >= 0.6 is 0 Å². The molecule has 0 atom stereocenters. The number of para-hydroxylation sites is 1. The van der Waals surface area contributed by atoms with E-state index < -0.39 is 28.5 Å². The summed E-state index contributed by atoms with van der Waals surface area (Å²) in [6.07, 6.45) is 5.46. The van der Waals surface area contributed by atoms with E-state index in [2.05, 4.69) is 10.4 Å². The zero-order valence-corrected chi connectivity index (χ0v) is 20.0. The highest BCUT2D eigenvalue weighted by Gasteiger charge is 2.29. The maximum atomic E-state index is 13.1. The predicted molar refractivity (Wildman–Crippen MR) is 128 cm³/mol. The molecule has 0 saturated carbocycles. The summed E-state index contributed by atoms with van der Waals surface area (Å²) in [7, 11) is -2.39. The molecule has 0 aliphatic carbocycles. The molecule has 1 aromatic heterocycles. The van der Waals surface area contributed by atoms with Crippen LogP contribution in [0.5, 0.6) is 5.75 Å². The van der Waals surface area contributed by atoms with E-state index in [0.717, 1.165) is 24.9 Å². The highest BCUT2D eigenvalue weighted by molar-refractivity contribution is 7.89. The van der Waals surface area contributed by atoms with Crippen molar-refractivity contribution in [3.8, 4) is 11.4 Å². The fraction of sp³-hybridized carbons (Fsp3) is 0.292. The van der Waals surface area contributed by atoms with Gasteiger partial charge < -0.3 is 14.8 Å². The number of sulfonamides is 1. The van der Waals surface area contributed by atoms with Gasteiger partial charge in [-0.2, -0.15) is 9.40 Å². The Morgan fingerprint density at radius 3 is 2.51 bits per heavy atom. The zero-order valence-electron chi connectivity index (χ0n) is 19.2. The lowest BCUT2D eigenvalue weighted by Crippen LogP contribution is -2.35. The predicted octanol–water partition coefficient (Wildman–Crippen LogP) is 2.85. The van der Waals surface area contributed by atoms with Crippen LogP contribution in [0.4, 0.5) is 5.69 Å². The molecule has 1 aliphatic rings. The minimum absolute atomic E-state index is 0.0231. The Balaban J connectivity index is 1.40. The quantitative estimate of drug-likeness (QED) is 0.474. The summed E-state index contributed by atoms with van der Waals surface area (Å²) in [5.41, 5.74) is 1.22. The summed E-state index contributed by atoms with van der Waals surface area (Å²) in [4.78, 5) is 24.7. The molecule has 3 aromatic rings. The van der Waals surface area contributed by atoms with E-state index in [4.69, 9.17) is 9.47 Å². The normalized spacial score (nSPS) is 14.3. The molecule has 0 bridgehead atoms. The van der Waals surface area contributed by atoms with Crippen molar-refractivity contribution in [3.63, 3.8) is 0 Å². The van der Waals surface area contributed by atoms with E-state index in [1.807, 2.05) is 30.3 Å². The minimum Gasteiger partial charge on any atom is -0.495 e. The van der Waals surface area contributed by atoms with E-state index in [1.165, 1.54) is 46.7 Å². The Morgan fingerprint density at radius 1 is 1.06 bits per heavy atom. The van der Waals surface area contributed by atoms with Crippen molar-refractivity contribution in [1.29, 1.82) is 0 Å². The van der Waals surface area contributed by atoms with Crippen molar-refractivity contribution in [2.75, 3.05) is 32.1 Å². The second-order valence-corrected chi connectivity index (χ2v) is 9.87. The van der Waals surface area contributed by atoms with Gasteiger partial charge in [-0.3, -0.25) is 4.79 Å². The Morgan fingerprint density at radius 2 is 1.80 bits per heavy atom. The molecule has 184 valence electrons. The maximum Gasteiger partial charge on any atom is 0.341 e. The third kappa shape index (κ3) is 5.69. The average Bonchev–Trinajstić information content (AvgIpc) is 3.39. The Bertz CT molecular complexity index is 1300. The number of ether oxygens (including phenoxy) is 2. The van der Waals surface area contributed by atoms with Gasteiger partial charge in [-0.1, -0.05) is 24.6 Å². The number of aromatic nitrogens is 2. The summed E-state index contributed by atoms with van der Waals surface area (Å²) in [5.74, 6) is -1.12. The van der Waals surface area contributed by atoms with Gasteiger partial charge in [0, 0.05) is 25.0 Å². The van der Waals surface area contributed by atoms with Crippen LogP contribution < -0.4 is 10.1 Å². The molecule has 1 N–H and O–H groups in total. The first-order valence-corrected chi connectivity index (χ1v) is 12.6. The largest absolute Gasteiger partial charge is 0.495 e. The van der Waals surface area contributed by atoms with Crippen molar-refractivity contribution in [1.82, 2.24) is 14.1 Å². The first-order chi connectivity index (χ1) is 16.9. The van der Waals surface area contributed by atoms with Crippen molar-refractivity contribution in [2.24, 2.45) is 0 Å². The molecule has 1 saturated heterocycles. The number of piperidine rings is 1. The molecule has 4 rings (SSSR count). The molecule has 35 heavy (non-hydrogen) atoms. The first-order valence-electron chi connectivity index (χ1n) is 11.1. The molecular formula is C24H26N4O6S. The number of rotatable bonds is 8. The van der Waals surface area contributed by atoms with Gasteiger partial charge in [0.1, 0.15) is 10.6 Å². The molecule has 0 radical (unpaired) electrons. The van der Waals surface area contributed by atoms with Crippen LogP contribution in [-0.4, -0.2) is 61.2 Å². The number of nitrogens with zero attached hydrogens (tertiary/aromatic N) is 3. The van der Waals surface area contributed by atoms with E-state index in [-0.39, 0.29) is 21.9 Å². The third-order valence-electron chi connectivity index (χ3n) is 5.55. The van der Waals surface area contributed by atoms with Crippen molar-refractivity contribution >= 4 is 27.6 Å². The third-order valence-corrected chi connectivity index (χ3v) is 7.47. The fourth-order valence-corrected chi connectivity index (χ4v) is 5.46. The van der Waals surface area contributed by atoms with Gasteiger partial charge in [0.15, 0.2) is 6.61 Å². The number of amides is 1. The molecule has 1 amide bonds. The lowest BCUT2D eigenvalue weighted by molar-refractivity contribution is -0.119. The van der Waals surface area contributed by atoms with E-state index in [1.54, 1.807) is 0 Å². The monoisotopic (exact) mass is 498 g/mol. The van der Waals surface area contributed by atoms with Gasteiger partial charge in [-0.25, -0.2) is 17.9 Å². The van der Waals surface area contributed by atoms with Crippen LogP contribution in [0, 0.1) is 0 Å². The van der Waals surface area contributed by atoms with Gasteiger partial charge in [0.25, 0.3) is 5.91 Å². The SMILES string of the molecule is COc1ccc(NC(=O)COC(=O)c2cnn(-c3ccccc3)c2)cc1S(=O)(=O)N1CCCCC1. The van der Waals surface area contributed by atoms with Gasteiger partial charge in [-0.05, 0) is 43.2 Å². The lowest BCUT2D eigenvalue weighted by atomic mass is 10.2. The summed E-state index contributed by atoms with van der Waals surface area (Å²) in [6.45, 7) is 0.341. The molecule has 0 spiro atoms. The molecule has 11 heteroatoms. The second kappa shape index (κ2) is 10.7. The number of nitrogens with one attached hydrogen (secondary N) is 1. The smallest absolute Gasteiger partial charge is 0.341 e. The number of anilines is 1. The summed E-state index contributed by atoms with van der Waals surface area (Å²) in [6, 6.07) is 13.6. The molecule has 1 aliphatic heterocycles. The van der Waals surface area contributed by atoms with Gasteiger partial charge >= 0.3 is 5.97 Å². The standard InChI is InChI=1S/C24H26N4O6S/c1-33-21-11-10-19(14-22(21)35(31,32)27-12-6-3-7-13-27)26-23(29)17-34-24(30)18-15-25-28(16-18)20-8-4-2-5-9-20/h2,4-5,8-11,14-16H,3,6-7,12-13,17H2,1H3,(H,26,29). The molecule has 1 fully saturated rings. The number of esters is 1. The van der Waals surface area contributed by atoms with Crippen LogP contribution in [0.1, 0.15) is 29.6 Å². The van der Waals surface area contributed by atoms with Crippen LogP contribution in [0.25, 0.3) is 5.69 Å². The first kappa shape index (κ1) is 24.4. The van der Waals surface area contributed by atoms with E-state index >= 15 is 0 Å². The van der Waals surface area contributed by atoms with Crippen molar-refractivity contribution < 1.29 is 27.5 Å². The highest BCUT2D eigenvalue weighted by atomic mass is 32.2. The van der Waals surface area contributed by atoms with Crippen LogP contribution in [0.2, 0.25) is 0 Å². The van der Waals surface area contributed by atoms with Crippen LogP contribution in [0.15, 0.2) is 65.8 Å². The molecule has 10 nitrogen and oxygen atoms in total. The van der Waals surface area contributed by atoms with E-state index in [9.17, 15) is 18.0 Å². The molecular weight excluding hydrogens is 472 g/mol. The van der Waals surface area contributed by atoms with Crippen molar-refractivity contribution in [2.45, 2.75) is 24.2 Å². The highest BCUT2D eigenvalue weighted by Crippen LogP contribution is 2.31.